The molecule has 98 valence electrons. The van der Waals surface area contributed by atoms with Crippen LogP contribution in [0.5, 0.6) is 5.75 Å². The van der Waals surface area contributed by atoms with E-state index in [0.29, 0.717) is 12.6 Å². The van der Waals surface area contributed by atoms with Crippen molar-refractivity contribution in [2.75, 3.05) is 26.4 Å². The number of morpholine rings is 1. The molecule has 1 unspecified atom stereocenters. The van der Waals surface area contributed by atoms with Gasteiger partial charge in [0.15, 0.2) is 0 Å². The molecule has 3 nitrogen and oxygen atoms in total. The fourth-order valence-corrected chi connectivity index (χ4v) is 2.72. The normalized spacial score (nSPS) is 23.4. The van der Waals surface area contributed by atoms with E-state index in [1.165, 1.54) is 36.8 Å². The molecule has 2 aliphatic rings. The highest BCUT2D eigenvalue weighted by atomic mass is 16.5. The molecule has 1 saturated heterocycles. The number of ether oxygens (including phenoxy) is 2. The molecule has 0 aromatic heterocycles. The lowest BCUT2D eigenvalue weighted by Gasteiger charge is -2.24. The first-order valence-electron chi connectivity index (χ1n) is 6.97. The average molecular weight is 247 g/mol. The first-order chi connectivity index (χ1) is 8.92. The maximum Gasteiger partial charge on any atom is 0.119 e. The lowest BCUT2D eigenvalue weighted by Crippen LogP contribution is -2.44. The van der Waals surface area contributed by atoms with Crippen LogP contribution in [0.25, 0.3) is 0 Å². The van der Waals surface area contributed by atoms with Crippen molar-refractivity contribution in [3.63, 3.8) is 0 Å². The van der Waals surface area contributed by atoms with Crippen LogP contribution < -0.4 is 10.1 Å². The van der Waals surface area contributed by atoms with Gasteiger partial charge in [0.2, 0.25) is 0 Å². The minimum Gasteiger partial charge on any atom is -0.492 e. The van der Waals surface area contributed by atoms with Gasteiger partial charge in [-0.05, 0) is 48.9 Å². The van der Waals surface area contributed by atoms with Crippen LogP contribution in [0.15, 0.2) is 18.2 Å². The Bertz CT molecular complexity index is 399. The van der Waals surface area contributed by atoms with E-state index in [4.69, 9.17) is 9.47 Å². The summed E-state index contributed by atoms with van der Waals surface area (Å²) in [7, 11) is 0. The van der Waals surface area contributed by atoms with E-state index in [1.54, 1.807) is 0 Å². The summed E-state index contributed by atoms with van der Waals surface area (Å²) in [6.45, 7) is 3.19. The zero-order chi connectivity index (χ0) is 12.2. The molecule has 1 aliphatic carbocycles. The van der Waals surface area contributed by atoms with Gasteiger partial charge in [-0.3, -0.25) is 0 Å². The number of rotatable bonds is 3. The maximum absolute atomic E-state index is 5.87. The molecule has 0 bridgehead atoms. The molecule has 1 atom stereocenters. The second-order valence-electron chi connectivity index (χ2n) is 5.17. The molecule has 1 aromatic carbocycles. The monoisotopic (exact) mass is 247 g/mol. The molecule has 18 heavy (non-hydrogen) atoms. The van der Waals surface area contributed by atoms with Gasteiger partial charge in [-0.25, -0.2) is 0 Å². The summed E-state index contributed by atoms with van der Waals surface area (Å²) in [4.78, 5) is 0. The van der Waals surface area contributed by atoms with Gasteiger partial charge >= 0.3 is 0 Å². The first-order valence-corrected chi connectivity index (χ1v) is 6.97. The van der Waals surface area contributed by atoms with Crippen molar-refractivity contribution in [2.45, 2.75) is 31.7 Å². The van der Waals surface area contributed by atoms with E-state index in [-0.39, 0.29) is 0 Å². The molecular formula is C15H21NO2. The standard InChI is InChI=1S/C15H21NO2/c1-2-4-13-9-15(6-5-12(13)3-1)18-11-14-10-17-8-7-16-14/h5-6,9,14,16H,1-4,7-8,10-11H2. The highest BCUT2D eigenvalue weighted by Crippen LogP contribution is 2.25. The zero-order valence-electron chi connectivity index (χ0n) is 10.8. The van der Waals surface area contributed by atoms with Gasteiger partial charge in [0, 0.05) is 6.54 Å². The number of benzene rings is 1. The zero-order valence-corrected chi connectivity index (χ0v) is 10.8. The summed E-state index contributed by atoms with van der Waals surface area (Å²) in [5, 5.41) is 3.40. The third kappa shape index (κ3) is 2.85. The maximum atomic E-state index is 5.87. The Morgan fingerprint density at radius 3 is 2.94 bits per heavy atom. The van der Waals surface area contributed by atoms with Crippen LogP contribution in [0, 0.1) is 0 Å². The van der Waals surface area contributed by atoms with Gasteiger partial charge in [0.25, 0.3) is 0 Å². The molecule has 0 radical (unpaired) electrons. The van der Waals surface area contributed by atoms with Gasteiger partial charge in [0.05, 0.1) is 19.3 Å². The number of aryl methyl sites for hydroxylation is 2. The van der Waals surface area contributed by atoms with Gasteiger partial charge in [0.1, 0.15) is 12.4 Å². The highest BCUT2D eigenvalue weighted by Gasteiger charge is 2.14. The smallest absolute Gasteiger partial charge is 0.119 e. The topological polar surface area (TPSA) is 30.5 Å². The largest absolute Gasteiger partial charge is 0.492 e. The summed E-state index contributed by atoms with van der Waals surface area (Å²) in [6.07, 6.45) is 5.08. The Morgan fingerprint density at radius 1 is 1.22 bits per heavy atom. The Morgan fingerprint density at radius 2 is 2.11 bits per heavy atom. The predicted octanol–water partition coefficient (Wildman–Crippen LogP) is 1.93. The van der Waals surface area contributed by atoms with Crippen molar-refractivity contribution in [3.05, 3.63) is 29.3 Å². The summed E-state index contributed by atoms with van der Waals surface area (Å²) in [5.41, 5.74) is 2.99. The van der Waals surface area contributed by atoms with Crippen LogP contribution in [-0.2, 0) is 17.6 Å². The van der Waals surface area contributed by atoms with Gasteiger partial charge in [-0.15, -0.1) is 0 Å². The van der Waals surface area contributed by atoms with E-state index in [9.17, 15) is 0 Å². The number of hydrogen-bond acceptors (Lipinski definition) is 3. The van der Waals surface area contributed by atoms with E-state index in [0.717, 1.165) is 25.5 Å². The molecule has 1 fully saturated rings. The molecule has 1 N–H and O–H groups in total. The van der Waals surface area contributed by atoms with Crippen molar-refractivity contribution < 1.29 is 9.47 Å². The second-order valence-corrected chi connectivity index (χ2v) is 5.17. The number of nitrogens with one attached hydrogen (secondary N) is 1. The molecule has 3 heteroatoms. The molecule has 1 heterocycles. The Labute approximate surface area is 108 Å². The van der Waals surface area contributed by atoms with E-state index in [1.807, 2.05) is 0 Å². The van der Waals surface area contributed by atoms with Crippen LogP contribution in [0.2, 0.25) is 0 Å². The van der Waals surface area contributed by atoms with Crippen LogP contribution in [-0.4, -0.2) is 32.4 Å². The average Bonchev–Trinajstić information content (AvgIpc) is 2.46. The second kappa shape index (κ2) is 5.72. The third-order valence-electron chi connectivity index (χ3n) is 3.77. The molecule has 1 aliphatic heterocycles. The minimum atomic E-state index is 0.329. The highest BCUT2D eigenvalue weighted by molar-refractivity contribution is 5.37. The van der Waals surface area contributed by atoms with Crippen molar-refractivity contribution in [1.29, 1.82) is 0 Å². The molecule has 0 saturated carbocycles. The summed E-state index contributed by atoms with van der Waals surface area (Å²) in [6, 6.07) is 6.88. The van der Waals surface area contributed by atoms with Gasteiger partial charge in [-0.2, -0.15) is 0 Å². The van der Waals surface area contributed by atoms with Crippen LogP contribution in [0.3, 0.4) is 0 Å². The lowest BCUT2D eigenvalue weighted by atomic mass is 9.92. The fourth-order valence-electron chi connectivity index (χ4n) is 2.72. The Balaban J connectivity index is 1.58. The van der Waals surface area contributed by atoms with Gasteiger partial charge in [-0.1, -0.05) is 6.07 Å². The number of fused-ring (bicyclic) bond motifs is 1. The molecule has 0 amide bonds. The Kier molecular flexibility index (Phi) is 3.81. The third-order valence-corrected chi connectivity index (χ3v) is 3.77. The summed E-state index contributed by atoms with van der Waals surface area (Å²) >= 11 is 0. The van der Waals surface area contributed by atoms with Crippen molar-refractivity contribution in [3.8, 4) is 5.75 Å². The number of hydrogen-bond donors (Lipinski definition) is 1. The van der Waals surface area contributed by atoms with E-state index >= 15 is 0 Å². The van der Waals surface area contributed by atoms with Crippen LogP contribution >= 0.6 is 0 Å². The Hall–Kier alpha value is -1.06. The van der Waals surface area contributed by atoms with Crippen molar-refractivity contribution in [2.24, 2.45) is 0 Å². The van der Waals surface area contributed by atoms with E-state index < -0.39 is 0 Å². The molecule has 1 aromatic rings. The summed E-state index contributed by atoms with van der Waals surface area (Å²) < 4.78 is 11.3. The lowest BCUT2D eigenvalue weighted by molar-refractivity contribution is 0.0592. The first kappa shape index (κ1) is 12.0. The van der Waals surface area contributed by atoms with Crippen molar-refractivity contribution in [1.82, 2.24) is 5.32 Å². The minimum absolute atomic E-state index is 0.329. The molecule has 0 spiro atoms. The van der Waals surface area contributed by atoms with E-state index in [2.05, 4.69) is 23.5 Å². The fraction of sp³-hybridized carbons (Fsp3) is 0.600. The van der Waals surface area contributed by atoms with Crippen LogP contribution in [0.1, 0.15) is 24.0 Å². The SMILES string of the molecule is c1cc2c(cc1OCC1COCCN1)CCCC2. The van der Waals surface area contributed by atoms with Crippen molar-refractivity contribution >= 4 is 0 Å². The molecular weight excluding hydrogens is 226 g/mol. The predicted molar refractivity (Wildman–Crippen MR) is 71.2 cm³/mol. The molecule has 3 rings (SSSR count). The van der Waals surface area contributed by atoms with Gasteiger partial charge < -0.3 is 14.8 Å². The summed E-state index contributed by atoms with van der Waals surface area (Å²) in [5.74, 6) is 1.00. The quantitative estimate of drug-likeness (QED) is 0.885. The van der Waals surface area contributed by atoms with Crippen LogP contribution in [0.4, 0.5) is 0 Å².